The number of carbonyl (C=O) groups is 1. The Bertz CT molecular complexity index is 1720. The monoisotopic (exact) mass is 547 g/mol. The summed E-state index contributed by atoms with van der Waals surface area (Å²) in [6, 6.07) is 2.71. The Kier molecular flexibility index (Phi) is 7.43. The number of sulfone groups is 1. The van der Waals surface area contributed by atoms with E-state index in [-0.39, 0.29) is 59.2 Å². The molecule has 0 aliphatic heterocycles. The molecule has 0 saturated heterocycles. The zero-order valence-electron chi connectivity index (χ0n) is 21.2. The highest BCUT2D eigenvalue weighted by atomic mass is 32.2. The number of carbonyl (C=O) groups excluding carboxylic acids is 1. The summed E-state index contributed by atoms with van der Waals surface area (Å²) >= 11 is 0. The molecule has 0 atom stereocenters. The Morgan fingerprint density at radius 3 is 2.55 bits per heavy atom. The molecule has 4 rings (SSSR count). The molecule has 0 spiro atoms. The minimum atomic E-state index is -3.81. The van der Waals surface area contributed by atoms with E-state index >= 15 is 4.39 Å². The van der Waals surface area contributed by atoms with Gasteiger partial charge in [0.25, 0.3) is 5.56 Å². The van der Waals surface area contributed by atoms with Crippen LogP contribution in [0.4, 0.5) is 10.1 Å². The maximum atomic E-state index is 15.2. The van der Waals surface area contributed by atoms with Gasteiger partial charge in [0.15, 0.2) is 22.7 Å². The summed E-state index contributed by atoms with van der Waals surface area (Å²) in [6.45, 7) is -0.0555. The number of hydrogen-bond acceptors (Lipinski definition) is 8. The first-order chi connectivity index (χ1) is 17.9. The molecule has 1 aliphatic carbocycles. The first-order valence-electron chi connectivity index (χ1n) is 11.5. The quantitative estimate of drug-likeness (QED) is 0.315. The van der Waals surface area contributed by atoms with Gasteiger partial charge in [0.05, 0.1) is 18.7 Å². The lowest BCUT2D eigenvalue weighted by molar-refractivity contribution is -0.117. The molecule has 38 heavy (non-hydrogen) atoms. The van der Waals surface area contributed by atoms with Crippen molar-refractivity contribution < 1.29 is 27.1 Å². The predicted molar refractivity (Wildman–Crippen MR) is 135 cm³/mol. The number of benzene rings is 1. The van der Waals surface area contributed by atoms with E-state index in [1.807, 2.05) is 0 Å². The molecule has 14 heteroatoms. The van der Waals surface area contributed by atoms with Crippen LogP contribution in [-0.2, 0) is 40.0 Å². The van der Waals surface area contributed by atoms with E-state index in [2.05, 4.69) is 22.1 Å². The summed E-state index contributed by atoms with van der Waals surface area (Å²) in [6.07, 6.45) is 2.51. The highest BCUT2D eigenvalue weighted by Crippen LogP contribution is 2.32. The molecular weight excluding hydrogens is 521 g/mol. The van der Waals surface area contributed by atoms with Crippen molar-refractivity contribution >= 4 is 32.6 Å². The van der Waals surface area contributed by atoms with Crippen LogP contribution in [0.3, 0.4) is 0 Å². The van der Waals surface area contributed by atoms with Crippen molar-refractivity contribution in [3.63, 3.8) is 0 Å². The van der Waals surface area contributed by atoms with Crippen molar-refractivity contribution in [1.29, 1.82) is 0 Å². The molecule has 2 aromatic heterocycles. The van der Waals surface area contributed by atoms with Crippen molar-refractivity contribution in [2.45, 2.75) is 24.5 Å². The summed E-state index contributed by atoms with van der Waals surface area (Å²) in [5.41, 5.74) is -1.56. The second-order valence-corrected chi connectivity index (χ2v) is 10.8. The minimum absolute atomic E-state index is 0.0636. The van der Waals surface area contributed by atoms with Crippen molar-refractivity contribution in [2.75, 3.05) is 31.9 Å². The minimum Gasteiger partial charge on any atom is -0.488 e. The molecule has 0 bridgehead atoms. The summed E-state index contributed by atoms with van der Waals surface area (Å²) in [5.74, 6) is 4.15. The Hall–Kier alpha value is -3.96. The van der Waals surface area contributed by atoms with Gasteiger partial charge in [0, 0.05) is 45.1 Å². The lowest BCUT2D eigenvalue weighted by Crippen LogP contribution is -2.38. The van der Waals surface area contributed by atoms with Crippen molar-refractivity contribution in [2.24, 2.45) is 20.0 Å². The van der Waals surface area contributed by atoms with E-state index in [9.17, 15) is 22.8 Å². The normalized spacial score (nSPS) is 13.3. The van der Waals surface area contributed by atoms with Gasteiger partial charge < -0.3 is 19.4 Å². The second-order valence-electron chi connectivity index (χ2n) is 8.87. The number of hydrogen-bond donors (Lipinski definition) is 1. The first-order valence-corrected chi connectivity index (χ1v) is 13.4. The van der Waals surface area contributed by atoms with Crippen LogP contribution in [0.5, 0.6) is 5.75 Å². The number of methoxy groups -OCH3 is 1. The van der Waals surface area contributed by atoms with Gasteiger partial charge in [0.1, 0.15) is 6.61 Å². The topological polar surface area (TPSA) is 144 Å². The fourth-order valence-corrected chi connectivity index (χ4v) is 4.63. The summed E-state index contributed by atoms with van der Waals surface area (Å²) in [4.78, 5) is 41.8. The number of fused-ring (bicyclic) bond motifs is 1. The highest BCUT2D eigenvalue weighted by Gasteiger charge is 2.30. The predicted octanol–water partition coefficient (Wildman–Crippen LogP) is 0.402. The Morgan fingerprint density at radius 1 is 1.21 bits per heavy atom. The van der Waals surface area contributed by atoms with Crippen LogP contribution in [-0.4, -0.2) is 59.6 Å². The number of rotatable bonds is 8. The number of amides is 1. The number of imidazole rings is 1. The third-order valence-electron chi connectivity index (χ3n) is 5.91. The fraction of sp³-hybridized carbons (Fsp3) is 0.417. The standard InChI is InChI=1S/C24H26FN5O7S/c1-28-19-20(27-23(28)38(4,34)35)30(24(33)29(2)22(19)32)9-5-6-15-12-16(26-21(31)14-7-8-14)13-17(18(15)25)37-11-10-36-3/h12-14H,7-11H2,1-4H3,(H,26,31). The van der Waals surface area contributed by atoms with Crippen LogP contribution in [0.1, 0.15) is 18.4 Å². The van der Waals surface area contributed by atoms with Crippen molar-refractivity contribution in [1.82, 2.24) is 18.7 Å². The number of nitrogens with one attached hydrogen (secondary N) is 1. The molecule has 3 aromatic rings. The molecule has 1 saturated carbocycles. The van der Waals surface area contributed by atoms with Crippen LogP contribution < -0.4 is 21.3 Å². The first kappa shape index (κ1) is 27.1. The molecule has 1 fully saturated rings. The Balaban J connectivity index is 1.76. The molecule has 0 unspecified atom stereocenters. The molecule has 1 aliphatic rings. The van der Waals surface area contributed by atoms with Gasteiger partial charge in [0.2, 0.25) is 20.9 Å². The maximum absolute atomic E-state index is 15.2. The number of aryl methyl sites for hydroxylation is 1. The van der Waals surface area contributed by atoms with Gasteiger partial charge in [-0.1, -0.05) is 11.8 Å². The zero-order valence-corrected chi connectivity index (χ0v) is 22.0. The van der Waals surface area contributed by atoms with Crippen LogP contribution >= 0.6 is 0 Å². The van der Waals surface area contributed by atoms with Crippen LogP contribution in [0, 0.1) is 23.6 Å². The van der Waals surface area contributed by atoms with E-state index in [1.54, 1.807) is 0 Å². The molecule has 202 valence electrons. The van der Waals surface area contributed by atoms with Gasteiger partial charge in [-0.2, -0.15) is 4.98 Å². The van der Waals surface area contributed by atoms with Crippen LogP contribution in [0.15, 0.2) is 26.9 Å². The molecule has 1 aromatic carbocycles. The Labute approximate surface area is 216 Å². The second kappa shape index (κ2) is 10.4. The zero-order chi connectivity index (χ0) is 27.8. The lowest BCUT2D eigenvalue weighted by Gasteiger charge is -2.12. The summed E-state index contributed by atoms with van der Waals surface area (Å²) < 4.78 is 52.8. The summed E-state index contributed by atoms with van der Waals surface area (Å²) in [5, 5.41) is 2.34. The smallest absolute Gasteiger partial charge is 0.333 e. The molecule has 1 N–H and O–H groups in total. The number of aromatic nitrogens is 4. The van der Waals surface area contributed by atoms with E-state index in [0.717, 1.165) is 32.8 Å². The van der Waals surface area contributed by atoms with Crippen LogP contribution in [0.25, 0.3) is 11.2 Å². The average Bonchev–Trinajstić information content (AvgIpc) is 3.64. The summed E-state index contributed by atoms with van der Waals surface area (Å²) in [7, 11) is 0.268. The number of ether oxygens (including phenoxy) is 2. The molecular formula is C24H26FN5O7S. The molecule has 2 heterocycles. The maximum Gasteiger partial charge on any atom is 0.333 e. The van der Waals surface area contributed by atoms with E-state index in [4.69, 9.17) is 9.47 Å². The molecule has 0 radical (unpaired) electrons. The van der Waals surface area contributed by atoms with Gasteiger partial charge >= 0.3 is 5.69 Å². The third-order valence-corrected chi connectivity index (χ3v) is 6.94. The Morgan fingerprint density at radius 2 is 1.92 bits per heavy atom. The number of anilines is 1. The van der Waals surface area contributed by atoms with Crippen LogP contribution in [0.2, 0.25) is 0 Å². The van der Waals surface area contributed by atoms with Gasteiger partial charge in [-0.3, -0.25) is 18.7 Å². The lowest BCUT2D eigenvalue weighted by atomic mass is 10.1. The largest absolute Gasteiger partial charge is 0.488 e. The number of halogens is 1. The molecule has 12 nitrogen and oxygen atoms in total. The average molecular weight is 548 g/mol. The third kappa shape index (κ3) is 5.34. The van der Waals surface area contributed by atoms with Gasteiger partial charge in [-0.15, -0.1) is 0 Å². The van der Waals surface area contributed by atoms with Crippen molar-refractivity contribution in [3.8, 4) is 17.6 Å². The van der Waals surface area contributed by atoms with Gasteiger partial charge in [-0.05, 0) is 18.9 Å². The van der Waals surface area contributed by atoms with Gasteiger partial charge in [-0.25, -0.2) is 17.6 Å². The number of nitrogens with zero attached hydrogens (tertiary/aromatic N) is 4. The fourth-order valence-electron chi connectivity index (χ4n) is 3.79. The van der Waals surface area contributed by atoms with E-state index in [1.165, 1.54) is 33.3 Å². The molecule has 1 amide bonds. The van der Waals surface area contributed by atoms with Crippen molar-refractivity contribution in [3.05, 3.63) is 44.4 Å². The van der Waals surface area contributed by atoms with E-state index in [0.29, 0.717) is 5.69 Å². The SMILES string of the molecule is COCCOc1cc(NC(=O)C2CC2)cc(C#CCn2c(=O)n(C)c(=O)c3c2nc(S(C)(=O)=O)n3C)c1F. The van der Waals surface area contributed by atoms with E-state index < -0.39 is 26.9 Å². The highest BCUT2D eigenvalue weighted by molar-refractivity contribution is 7.90.